The number of nitrogens with two attached hydrogens (primary N) is 1. The van der Waals surface area contributed by atoms with Gasteiger partial charge in [-0.3, -0.25) is 4.98 Å². The number of hydrogen-bond donors (Lipinski definition) is 1. The number of nitrogens with zero attached hydrogens (tertiary/aromatic N) is 3. The van der Waals surface area contributed by atoms with Crippen molar-refractivity contribution >= 4 is 27.9 Å². The minimum absolute atomic E-state index is 0.103. The first-order valence-corrected chi connectivity index (χ1v) is 9.84. The summed E-state index contributed by atoms with van der Waals surface area (Å²) in [4.78, 5) is 7.59. The average molecular weight is 428 g/mol. The van der Waals surface area contributed by atoms with Crippen molar-refractivity contribution in [3.63, 3.8) is 0 Å². The third kappa shape index (κ3) is 3.95. The van der Waals surface area contributed by atoms with Crippen LogP contribution >= 0.6 is 0 Å². The maximum atomic E-state index is 14.5. The van der Waals surface area contributed by atoms with Crippen molar-refractivity contribution in [2.24, 2.45) is 10.7 Å². The molecule has 0 saturated heterocycles. The van der Waals surface area contributed by atoms with Gasteiger partial charge in [-0.2, -0.15) is 0 Å². The van der Waals surface area contributed by atoms with Crippen molar-refractivity contribution in [1.29, 1.82) is 0 Å². The van der Waals surface area contributed by atoms with Crippen LogP contribution in [0.5, 0.6) is 0 Å². The van der Waals surface area contributed by atoms with Gasteiger partial charge in [0.15, 0.2) is 11.6 Å². The zero-order valence-electron chi connectivity index (χ0n) is 15.3. The van der Waals surface area contributed by atoms with Gasteiger partial charge in [0.05, 0.1) is 17.6 Å². The molecule has 6 nitrogen and oxygen atoms in total. The number of aliphatic imine (C=N–C) groups is 1. The van der Waals surface area contributed by atoms with Crippen LogP contribution < -0.4 is 5.73 Å². The van der Waals surface area contributed by atoms with Crippen LogP contribution in [-0.4, -0.2) is 36.5 Å². The van der Waals surface area contributed by atoms with Gasteiger partial charge in [-0.15, -0.1) is 0 Å². The summed E-state index contributed by atoms with van der Waals surface area (Å²) < 4.78 is 81.4. The first-order valence-electron chi connectivity index (χ1n) is 8.23. The molecule has 1 aliphatic heterocycles. The molecule has 0 aliphatic carbocycles. The molecular weight excluding hydrogens is 412 g/mol. The van der Waals surface area contributed by atoms with E-state index in [4.69, 9.17) is 5.73 Å². The molecule has 0 bridgehead atoms. The third-order valence-corrected chi connectivity index (χ3v) is 6.41. The zero-order valence-corrected chi connectivity index (χ0v) is 16.1. The predicted molar refractivity (Wildman–Crippen MR) is 100 cm³/mol. The molecule has 11 heteroatoms. The number of sulfonamides is 1. The number of rotatable bonds is 3. The van der Waals surface area contributed by atoms with E-state index in [1.165, 1.54) is 14.0 Å². The van der Waals surface area contributed by atoms with Crippen molar-refractivity contribution in [1.82, 2.24) is 9.29 Å². The van der Waals surface area contributed by atoms with Gasteiger partial charge in [0, 0.05) is 12.6 Å². The molecular formula is C18H16F4N4O2S. The Bertz CT molecular complexity index is 1130. The number of halogens is 4. The lowest BCUT2D eigenvalue weighted by Crippen LogP contribution is -2.50. The molecule has 0 radical (unpaired) electrons. The lowest BCUT2D eigenvalue weighted by atomic mass is 9.92. The second kappa shape index (κ2) is 7.14. The van der Waals surface area contributed by atoms with Crippen LogP contribution in [0.3, 0.4) is 0 Å². The number of pyridine rings is 1. The Labute approximate surface area is 164 Å². The van der Waals surface area contributed by atoms with Crippen molar-refractivity contribution in [3.8, 4) is 0 Å². The minimum Gasteiger partial charge on any atom is -0.369 e. The topological polar surface area (TPSA) is 88.7 Å². The summed E-state index contributed by atoms with van der Waals surface area (Å²) in [6, 6.07) is 3.90. The number of aromatic nitrogens is 1. The fourth-order valence-corrected chi connectivity index (χ4v) is 4.36. The Kier molecular flexibility index (Phi) is 5.11. The highest BCUT2D eigenvalue weighted by Crippen LogP contribution is 2.35. The molecule has 2 heterocycles. The predicted octanol–water partition coefficient (Wildman–Crippen LogP) is 2.77. The largest absolute Gasteiger partial charge is 0.369 e. The van der Waals surface area contributed by atoms with Gasteiger partial charge in [0.1, 0.15) is 17.2 Å². The molecule has 0 amide bonds. The molecule has 154 valence electrons. The van der Waals surface area contributed by atoms with Crippen molar-refractivity contribution in [2.45, 2.75) is 12.5 Å². The summed E-state index contributed by atoms with van der Waals surface area (Å²) in [5, 5.41) is 0. The monoisotopic (exact) mass is 428 g/mol. The molecule has 0 unspecified atom stereocenters. The minimum atomic E-state index is -3.93. The summed E-state index contributed by atoms with van der Waals surface area (Å²) in [5.74, 6) is -5.28. The molecule has 3 rings (SSSR count). The van der Waals surface area contributed by atoms with Gasteiger partial charge in [-0.05, 0) is 42.8 Å². The van der Waals surface area contributed by atoms with E-state index in [0.29, 0.717) is 0 Å². The zero-order chi connectivity index (χ0) is 21.6. The molecule has 29 heavy (non-hydrogen) atoms. The van der Waals surface area contributed by atoms with Crippen LogP contribution in [0.2, 0.25) is 0 Å². The van der Waals surface area contributed by atoms with Gasteiger partial charge in [-0.25, -0.2) is 35.3 Å². The van der Waals surface area contributed by atoms with Gasteiger partial charge in [-0.1, -0.05) is 0 Å². The van der Waals surface area contributed by atoms with Gasteiger partial charge in [0.25, 0.3) is 0 Å². The number of guanidine groups is 1. The molecule has 0 spiro atoms. The third-order valence-electron chi connectivity index (χ3n) is 4.46. The van der Waals surface area contributed by atoms with Crippen LogP contribution in [0.15, 0.2) is 35.5 Å². The maximum Gasteiger partial charge on any atom is 0.239 e. The summed E-state index contributed by atoms with van der Waals surface area (Å²) in [6.07, 6.45) is 1.67. The molecule has 0 fully saturated rings. The lowest BCUT2D eigenvalue weighted by molar-refractivity contribution is 0.435. The number of benzene rings is 1. The van der Waals surface area contributed by atoms with Gasteiger partial charge < -0.3 is 5.73 Å². The van der Waals surface area contributed by atoms with Crippen molar-refractivity contribution in [3.05, 3.63) is 64.7 Å². The van der Waals surface area contributed by atoms with Crippen LogP contribution in [0.25, 0.3) is 11.9 Å². The summed E-state index contributed by atoms with van der Waals surface area (Å²) in [5.41, 5.74) is 3.19. The Morgan fingerprint density at radius 1 is 1.28 bits per heavy atom. The normalized spacial score (nSPS) is 21.8. The Hall–Kier alpha value is -2.95. The number of hydrogen-bond acceptors (Lipinski definition) is 5. The summed E-state index contributed by atoms with van der Waals surface area (Å²) in [7, 11) is -2.74. The first-order chi connectivity index (χ1) is 13.4. The van der Waals surface area contributed by atoms with E-state index < -0.39 is 50.2 Å². The smallest absolute Gasteiger partial charge is 0.239 e. The Balaban J connectivity index is 2.11. The van der Waals surface area contributed by atoms with Gasteiger partial charge >= 0.3 is 0 Å². The fourth-order valence-electron chi connectivity index (χ4n) is 2.91. The van der Waals surface area contributed by atoms with Crippen molar-refractivity contribution < 1.29 is 26.0 Å². The van der Waals surface area contributed by atoms with Crippen LogP contribution in [0.1, 0.15) is 23.7 Å². The SMILES string of the molecule is CN1C(N)=N[C@](C)(c2cc(/C=C(\F)c3ccc(F)cn3)cc(F)c2F)CS1(=O)=O. The van der Waals surface area contributed by atoms with E-state index in [9.17, 15) is 26.0 Å². The van der Waals surface area contributed by atoms with E-state index in [1.807, 2.05) is 0 Å². The maximum absolute atomic E-state index is 14.5. The fraction of sp³-hybridized carbons (Fsp3) is 0.222. The standard InChI is InChI=1S/C18H16F4N4O2S/c1-18(9-29(27,28)26(2)17(23)25-18)12-5-10(7-14(21)16(12)22)6-13(20)15-4-3-11(19)8-24-15/h3-8H,9H2,1-2H3,(H2,23,25)/b13-6-/t18-/m0/s1. The molecule has 1 aromatic carbocycles. The van der Waals surface area contributed by atoms with E-state index in [-0.39, 0.29) is 17.2 Å². The summed E-state index contributed by atoms with van der Waals surface area (Å²) >= 11 is 0. The quantitative estimate of drug-likeness (QED) is 0.762. The van der Waals surface area contributed by atoms with E-state index >= 15 is 0 Å². The van der Waals surface area contributed by atoms with Crippen LogP contribution in [-0.2, 0) is 15.6 Å². The van der Waals surface area contributed by atoms with Crippen LogP contribution in [0.4, 0.5) is 17.6 Å². The highest BCUT2D eigenvalue weighted by Gasteiger charge is 2.42. The van der Waals surface area contributed by atoms with Gasteiger partial charge in [0.2, 0.25) is 16.0 Å². The molecule has 0 saturated carbocycles. The average Bonchev–Trinajstić information content (AvgIpc) is 2.62. The molecule has 1 aromatic heterocycles. The molecule has 1 aliphatic rings. The van der Waals surface area contributed by atoms with Crippen molar-refractivity contribution in [2.75, 3.05) is 12.8 Å². The molecule has 1 atom stereocenters. The lowest BCUT2D eigenvalue weighted by Gasteiger charge is -2.34. The molecule has 2 N–H and O–H groups in total. The Morgan fingerprint density at radius 3 is 2.55 bits per heavy atom. The second-order valence-electron chi connectivity index (χ2n) is 6.69. The van der Waals surface area contributed by atoms with Crippen LogP contribution in [0, 0.1) is 17.5 Å². The highest BCUT2D eigenvalue weighted by atomic mass is 32.2. The molecule has 2 aromatic rings. The second-order valence-corrected chi connectivity index (χ2v) is 8.69. The highest BCUT2D eigenvalue weighted by molar-refractivity contribution is 7.89. The summed E-state index contributed by atoms with van der Waals surface area (Å²) in [6.45, 7) is 1.29. The first kappa shape index (κ1) is 20.8. The van der Waals surface area contributed by atoms with E-state index in [2.05, 4.69) is 9.98 Å². The Morgan fingerprint density at radius 2 is 1.97 bits per heavy atom. The van der Waals surface area contributed by atoms with E-state index in [0.717, 1.165) is 40.8 Å². The van der Waals surface area contributed by atoms with E-state index in [1.54, 1.807) is 0 Å².